The van der Waals surface area contributed by atoms with E-state index >= 15 is 0 Å². The average molecular weight is 1160 g/mol. The van der Waals surface area contributed by atoms with Crippen molar-refractivity contribution in [3.8, 4) is 0 Å². The van der Waals surface area contributed by atoms with Gasteiger partial charge in [0.1, 0.15) is 0 Å². The van der Waals surface area contributed by atoms with Crippen LogP contribution in [0.4, 0.5) is 0 Å². The first kappa shape index (κ1) is 80.6. The number of aliphatic hydroxyl groups excluding tert-OH is 2. The number of aliphatic hydroxyl groups is 2. The number of hydrogen-bond acceptors (Lipinski definition) is 5. The maximum atomic E-state index is 12.6. The van der Waals surface area contributed by atoms with Gasteiger partial charge in [0.15, 0.2) is 0 Å². The van der Waals surface area contributed by atoms with Crippen LogP contribution in [0.1, 0.15) is 438 Å². The lowest BCUT2D eigenvalue weighted by atomic mass is 10.0. The third-order valence-corrected chi connectivity index (χ3v) is 18.1. The molecule has 2 unspecified atom stereocenters. The zero-order valence-electron chi connectivity index (χ0n) is 56.0. The maximum Gasteiger partial charge on any atom is 0.305 e. The van der Waals surface area contributed by atoms with Gasteiger partial charge in [-0.05, 0) is 51.4 Å². The van der Waals surface area contributed by atoms with Crippen LogP contribution in [0.5, 0.6) is 0 Å². The van der Waals surface area contributed by atoms with Crippen molar-refractivity contribution in [1.29, 1.82) is 0 Å². The molecule has 0 rings (SSSR count). The fourth-order valence-corrected chi connectivity index (χ4v) is 12.3. The fraction of sp³-hybridized carbons (Fsp3) is 0.947. The summed E-state index contributed by atoms with van der Waals surface area (Å²) in [4.78, 5) is 24.7. The van der Waals surface area contributed by atoms with Gasteiger partial charge in [-0.2, -0.15) is 0 Å². The smallest absolute Gasteiger partial charge is 0.305 e. The highest BCUT2D eigenvalue weighted by Gasteiger charge is 2.20. The molecule has 488 valence electrons. The molecule has 0 aliphatic heterocycles. The highest BCUT2D eigenvalue weighted by atomic mass is 16.5. The van der Waals surface area contributed by atoms with E-state index in [9.17, 15) is 19.8 Å². The van der Waals surface area contributed by atoms with E-state index < -0.39 is 12.1 Å². The molecule has 0 saturated heterocycles. The van der Waals surface area contributed by atoms with Gasteiger partial charge >= 0.3 is 5.97 Å². The Morgan fingerprint density at radius 1 is 0.329 bits per heavy atom. The van der Waals surface area contributed by atoms with Crippen molar-refractivity contribution in [1.82, 2.24) is 5.32 Å². The highest BCUT2D eigenvalue weighted by Crippen LogP contribution is 2.20. The molecule has 0 heterocycles. The first-order chi connectivity index (χ1) is 40.5. The van der Waals surface area contributed by atoms with Crippen molar-refractivity contribution in [2.75, 3.05) is 13.2 Å². The number of carbonyl (C=O) groups is 2. The van der Waals surface area contributed by atoms with Gasteiger partial charge in [-0.15, -0.1) is 0 Å². The van der Waals surface area contributed by atoms with Gasteiger partial charge in [-0.3, -0.25) is 9.59 Å². The summed E-state index contributed by atoms with van der Waals surface area (Å²) in [5.74, 6) is -0.0159. The monoisotopic (exact) mass is 1160 g/mol. The molecule has 0 fully saturated rings. The number of allylic oxidation sites excluding steroid dienone is 2. The van der Waals surface area contributed by atoms with E-state index in [4.69, 9.17) is 4.74 Å². The summed E-state index contributed by atoms with van der Waals surface area (Å²) in [7, 11) is 0. The molecule has 2 atom stereocenters. The van der Waals surface area contributed by atoms with E-state index in [0.29, 0.717) is 25.9 Å². The third kappa shape index (κ3) is 67.7. The van der Waals surface area contributed by atoms with Gasteiger partial charge in [0, 0.05) is 12.8 Å². The minimum Gasteiger partial charge on any atom is -0.466 e. The normalized spacial score (nSPS) is 12.5. The predicted molar refractivity (Wildman–Crippen MR) is 361 cm³/mol. The summed E-state index contributed by atoms with van der Waals surface area (Å²) in [6.07, 6.45) is 89.9. The molecule has 0 saturated carbocycles. The second-order valence-corrected chi connectivity index (χ2v) is 26.3. The van der Waals surface area contributed by atoms with Crippen LogP contribution in [0.3, 0.4) is 0 Å². The van der Waals surface area contributed by atoms with Gasteiger partial charge in [-0.25, -0.2) is 0 Å². The Kier molecular flexibility index (Phi) is 70.8. The Morgan fingerprint density at radius 2 is 0.573 bits per heavy atom. The van der Waals surface area contributed by atoms with Crippen molar-refractivity contribution in [2.45, 2.75) is 450 Å². The second kappa shape index (κ2) is 72.1. The summed E-state index contributed by atoms with van der Waals surface area (Å²) in [5, 5.41) is 23.5. The van der Waals surface area contributed by atoms with Crippen molar-refractivity contribution in [3.05, 3.63) is 12.2 Å². The minimum absolute atomic E-state index is 0.0127. The molecule has 6 heteroatoms. The van der Waals surface area contributed by atoms with Crippen molar-refractivity contribution >= 4 is 11.9 Å². The Bertz CT molecular complexity index is 1240. The molecule has 0 aromatic rings. The largest absolute Gasteiger partial charge is 0.466 e. The van der Waals surface area contributed by atoms with Gasteiger partial charge in [0.25, 0.3) is 0 Å². The number of ether oxygens (including phenoxy) is 1. The predicted octanol–water partition coefficient (Wildman–Crippen LogP) is 24.7. The Morgan fingerprint density at radius 3 is 0.866 bits per heavy atom. The Labute approximate surface area is 514 Å². The molecule has 0 aromatic carbocycles. The van der Waals surface area contributed by atoms with E-state index in [2.05, 4.69) is 31.3 Å². The van der Waals surface area contributed by atoms with Crippen LogP contribution in [-0.2, 0) is 14.3 Å². The molecule has 6 nitrogen and oxygen atoms in total. The molecule has 0 spiro atoms. The lowest BCUT2D eigenvalue weighted by Crippen LogP contribution is -2.45. The summed E-state index contributed by atoms with van der Waals surface area (Å²) in [6, 6.07) is -0.542. The highest BCUT2D eigenvalue weighted by molar-refractivity contribution is 5.76. The average Bonchev–Trinajstić information content (AvgIpc) is 3.48. The SMILES string of the molecule is CCCCCCCC/C=C\CCCCCCCCCC(=O)OCCCCCCCCCCCCCCCCCCCCCCCCCC(=O)NC(CO)C(O)CCCCCCCCCCCCCCCCCCCCCCCCCCC. The van der Waals surface area contributed by atoms with E-state index in [-0.39, 0.29) is 18.5 Å². The van der Waals surface area contributed by atoms with Crippen molar-refractivity contribution in [3.63, 3.8) is 0 Å². The van der Waals surface area contributed by atoms with Crippen LogP contribution in [0.15, 0.2) is 12.2 Å². The Balaban J connectivity index is 3.36. The topological polar surface area (TPSA) is 95.9 Å². The van der Waals surface area contributed by atoms with Crippen molar-refractivity contribution in [2.24, 2.45) is 0 Å². The lowest BCUT2D eigenvalue weighted by molar-refractivity contribution is -0.143. The number of amides is 1. The molecule has 0 aliphatic carbocycles. The quantitative estimate of drug-likeness (QED) is 0.0320. The summed E-state index contributed by atoms with van der Waals surface area (Å²) in [5.41, 5.74) is 0. The van der Waals surface area contributed by atoms with E-state index in [0.717, 1.165) is 44.9 Å². The molecule has 0 aliphatic rings. The Hall–Kier alpha value is -1.40. The summed E-state index contributed by atoms with van der Waals surface area (Å²) < 4.78 is 5.51. The molecule has 0 bridgehead atoms. The van der Waals surface area contributed by atoms with E-state index in [1.54, 1.807) is 0 Å². The standard InChI is InChI=1S/C76H149NO5/c1-3-5-7-9-11-13-15-17-19-21-22-23-24-25-27-30-33-37-40-44-48-52-56-60-64-68-74(79)73(72-78)77-75(80)69-65-61-57-53-49-45-41-38-34-31-28-26-29-32-35-39-43-47-51-55-59-63-67-71-82-76(81)70-66-62-58-54-50-46-42-36-20-18-16-14-12-10-8-6-4-2/h18,20,73-74,78-79H,3-17,19,21-72H2,1-2H3,(H,77,80)/b20-18-. The van der Waals surface area contributed by atoms with Crippen LogP contribution < -0.4 is 5.32 Å². The number of hydrogen-bond donors (Lipinski definition) is 3. The van der Waals surface area contributed by atoms with Gasteiger partial charge in [0.05, 0.1) is 25.4 Å². The molecule has 1 amide bonds. The number of carbonyl (C=O) groups excluding carboxylic acids is 2. The zero-order valence-corrected chi connectivity index (χ0v) is 56.0. The van der Waals surface area contributed by atoms with Gasteiger partial charge in [0.2, 0.25) is 5.91 Å². The van der Waals surface area contributed by atoms with Gasteiger partial charge in [-0.1, -0.05) is 386 Å². The van der Waals surface area contributed by atoms with E-state index in [1.165, 1.54) is 360 Å². The second-order valence-electron chi connectivity index (χ2n) is 26.3. The molecular weight excluding hydrogens is 1010 g/mol. The summed E-state index contributed by atoms with van der Waals surface area (Å²) >= 11 is 0. The molecule has 0 radical (unpaired) electrons. The molecule has 3 N–H and O–H groups in total. The number of unbranched alkanes of at least 4 members (excludes halogenated alkanes) is 59. The number of rotatable bonds is 72. The van der Waals surface area contributed by atoms with Crippen LogP contribution >= 0.6 is 0 Å². The van der Waals surface area contributed by atoms with Crippen LogP contribution in [0.25, 0.3) is 0 Å². The maximum absolute atomic E-state index is 12.6. The third-order valence-electron chi connectivity index (χ3n) is 18.1. The molecule has 82 heavy (non-hydrogen) atoms. The first-order valence-corrected chi connectivity index (χ1v) is 37.9. The first-order valence-electron chi connectivity index (χ1n) is 37.9. The van der Waals surface area contributed by atoms with Crippen LogP contribution in [0.2, 0.25) is 0 Å². The minimum atomic E-state index is -0.665. The van der Waals surface area contributed by atoms with Gasteiger partial charge < -0.3 is 20.3 Å². The van der Waals surface area contributed by atoms with Crippen LogP contribution in [-0.4, -0.2) is 47.4 Å². The van der Waals surface area contributed by atoms with Crippen molar-refractivity contribution < 1.29 is 24.5 Å². The zero-order chi connectivity index (χ0) is 59.2. The fourth-order valence-electron chi connectivity index (χ4n) is 12.3. The summed E-state index contributed by atoms with van der Waals surface area (Å²) in [6.45, 7) is 5.00. The number of esters is 1. The van der Waals surface area contributed by atoms with Crippen LogP contribution in [0, 0.1) is 0 Å². The molecular formula is C76H149NO5. The lowest BCUT2D eigenvalue weighted by Gasteiger charge is -2.22. The number of nitrogens with one attached hydrogen (secondary N) is 1. The van der Waals surface area contributed by atoms with E-state index in [1.807, 2.05) is 0 Å². The molecule has 0 aromatic heterocycles.